The van der Waals surface area contributed by atoms with Crippen molar-refractivity contribution in [1.82, 2.24) is 19.6 Å². The molecule has 1 heterocycles. The molecule has 158 valence electrons. The number of carbonyl (C=O) groups is 1. The van der Waals surface area contributed by atoms with Crippen molar-refractivity contribution in [2.45, 2.75) is 29.8 Å². The van der Waals surface area contributed by atoms with Crippen molar-refractivity contribution >= 4 is 27.8 Å². The predicted octanol–water partition coefficient (Wildman–Crippen LogP) is 3.72. The zero-order valence-electron chi connectivity index (χ0n) is 16.8. The minimum atomic E-state index is -4.00. The van der Waals surface area contributed by atoms with Gasteiger partial charge < -0.3 is 9.88 Å². The van der Waals surface area contributed by atoms with Crippen LogP contribution in [-0.2, 0) is 16.6 Å². The lowest BCUT2D eigenvalue weighted by molar-refractivity contribution is 0.246. The third kappa shape index (κ3) is 5.43. The molecule has 0 spiro atoms. The van der Waals surface area contributed by atoms with E-state index in [9.17, 15) is 13.2 Å². The maximum Gasteiger partial charge on any atom is 0.328 e. The molecule has 0 fully saturated rings. The predicted molar refractivity (Wildman–Crippen MR) is 119 cm³/mol. The number of sulfonamides is 1. The minimum absolute atomic E-state index is 0.0589. The highest BCUT2D eigenvalue weighted by Crippen LogP contribution is 2.27. The summed E-state index contributed by atoms with van der Waals surface area (Å²) >= 11 is 1.59. The molecule has 3 aromatic rings. The van der Waals surface area contributed by atoms with E-state index >= 15 is 0 Å². The Hall–Kier alpha value is -2.78. The van der Waals surface area contributed by atoms with E-state index in [0.717, 1.165) is 16.2 Å². The van der Waals surface area contributed by atoms with Gasteiger partial charge in [0.2, 0.25) is 0 Å². The van der Waals surface area contributed by atoms with Crippen LogP contribution in [-0.4, -0.2) is 36.8 Å². The Labute approximate surface area is 181 Å². The summed E-state index contributed by atoms with van der Waals surface area (Å²) in [6.07, 6.45) is 6.47. The van der Waals surface area contributed by atoms with E-state index in [1.807, 2.05) is 48.2 Å². The maximum absolute atomic E-state index is 12.8. The van der Waals surface area contributed by atoms with E-state index in [2.05, 4.69) is 15.0 Å². The second-order valence-corrected chi connectivity index (χ2v) is 9.12. The third-order valence-corrected chi connectivity index (χ3v) is 6.41. The quantitative estimate of drug-likeness (QED) is 0.517. The van der Waals surface area contributed by atoms with E-state index in [4.69, 9.17) is 0 Å². The van der Waals surface area contributed by atoms with Crippen molar-refractivity contribution in [3.63, 3.8) is 0 Å². The average Bonchev–Trinajstić information content (AvgIpc) is 3.20. The van der Waals surface area contributed by atoms with Crippen molar-refractivity contribution in [3.8, 4) is 11.1 Å². The van der Waals surface area contributed by atoms with Gasteiger partial charge in [-0.05, 0) is 29.9 Å². The molecule has 9 heteroatoms. The summed E-state index contributed by atoms with van der Waals surface area (Å²) in [7, 11) is -4.00. The third-order valence-electron chi connectivity index (χ3n) is 4.39. The first kappa shape index (κ1) is 21.9. The number of hydrogen-bond acceptors (Lipinski definition) is 5. The van der Waals surface area contributed by atoms with Gasteiger partial charge >= 0.3 is 6.03 Å². The highest BCUT2D eigenvalue weighted by molar-refractivity contribution is 7.98. The zero-order valence-corrected chi connectivity index (χ0v) is 18.5. The van der Waals surface area contributed by atoms with Gasteiger partial charge in [-0.2, -0.15) is 0 Å². The molecular formula is C21H24N4O3S2. The minimum Gasteiger partial charge on any atom is -0.337 e. The fraction of sp³-hybridized carbons (Fsp3) is 0.238. The Morgan fingerprint density at radius 1 is 1.13 bits per heavy atom. The molecule has 0 saturated heterocycles. The fourth-order valence-electron chi connectivity index (χ4n) is 2.92. The Kier molecular flexibility index (Phi) is 7.17. The number of carbonyl (C=O) groups excluding carboxylic acids is 1. The Balaban J connectivity index is 1.82. The number of nitrogens with one attached hydrogen (secondary N) is 2. The number of urea groups is 1. The summed E-state index contributed by atoms with van der Waals surface area (Å²) in [5.41, 5.74) is 2.36. The molecule has 1 aromatic heterocycles. The molecule has 7 nitrogen and oxygen atoms in total. The second kappa shape index (κ2) is 9.82. The Morgan fingerprint density at radius 3 is 2.53 bits per heavy atom. The van der Waals surface area contributed by atoms with Crippen LogP contribution >= 0.6 is 11.8 Å². The van der Waals surface area contributed by atoms with E-state index in [1.165, 1.54) is 6.07 Å². The van der Waals surface area contributed by atoms with Crippen LogP contribution < -0.4 is 10.0 Å². The first-order chi connectivity index (χ1) is 14.4. The van der Waals surface area contributed by atoms with Gasteiger partial charge in [0.25, 0.3) is 10.0 Å². The van der Waals surface area contributed by atoms with Gasteiger partial charge in [-0.15, -0.1) is 11.8 Å². The largest absolute Gasteiger partial charge is 0.337 e. The van der Waals surface area contributed by atoms with Crippen LogP contribution in [0.4, 0.5) is 4.79 Å². The molecule has 0 saturated carbocycles. The van der Waals surface area contributed by atoms with Crippen LogP contribution in [0.2, 0.25) is 0 Å². The Morgan fingerprint density at radius 2 is 1.87 bits per heavy atom. The van der Waals surface area contributed by atoms with Crippen molar-refractivity contribution in [1.29, 1.82) is 0 Å². The number of amides is 2. The van der Waals surface area contributed by atoms with Gasteiger partial charge in [0.15, 0.2) is 0 Å². The summed E-state index contributed by atoms with van der Waals surface area (Å²) < 4.78 is 29.6. The monoisotopic (exact) mass is 444 g/mol. The van der Waals surface area contributed by atoms with E-state index in [1.54, 1.807) is 36.3 Å². The number of imidazole rings is 1. The molecule has 3 rings (SSSR count). The maximum atomic E-state index is 12.8. The molecule has 2 aromatic carbocycles. The molecule has 2 N–H and O–H groups in total. The van der Waals surface area contributed by atoms with Gasteiger partial charge in [0.1, 0.15) is 5.03 Å². The Bertz CT molecular complexity index is 1110. The summed E-state index contributed by atoms with van der Waals surface area (Å²) in [4.78, 5) is 16.2. The first-order valence-corrected chi connectivity index (χ1v) is 12.2. The highest BCUT2D eigenvalue weighted by atomic mass is 32.2. The molecule has 0 aliphatic carbocycles. The average molecular weight is 445 g/mol. The molecule has 0 aliphatic rings. The van der Waals surface area contributed by atoms with Crippen molar-refractivity contribution in [2.75, 3.05) is 12.8 Å². The second-order valence-electron chi connectivity index (χ2n) is 6.64. The summed E-state index contributed by atoms with van der Waals surface area (Å²) in [5.74, 6) is 0. The normalized spacial score (nSPS) is 11.3. The molecule has 2 amide bonds. The SMILES string of the molecule is CCCNC(=O)NS(=O)(=O)c1ccccc1-c1ccc(Cn2cnc(SC)c2)cc1. The van der Waals surface area contributed by atoms with E-state index in [-0.39, 0.29) is 4.90 Å². The van der Waals surface area contributed by atoms with Gasteiger partial charge in [-0.1, -0.05) is 49.4 Å². The lowest BCUT2D eigenvalue weighted by atomic mass is 10.0. The fourth-order valence-corrected chi connectivity index (χ4v) is 4.48. The van der Waals surface area contributed by atoms with E-state index in [0.29, 0.717) is 25.1 Å². The molecule has 0 radical (unpaired) electrons. The zero-order chi connectivity index (χ0) is 21.6. The topological polar surface area (TPSA) is 93.1 Å². The summed E-state index contributed by atoms with van der Waals surface area (Å²) in [6.45, 7) is 2.97. The van der Waals surface area contributed by atoms with Gasteiger partial charge in [-0.3, -0.25) is 0 Å². The molecular weight excluding hydrogens is 420 g/mol. The molecule has 0 bridgehead atoms. The molecule has 0 aliphatic heterocycles. The number of rotatable bonds is 8. The van der Waals surface area contributed by atoms with Gasteiger partial charge in [0.05, 0.1) is 11.2 Å². The van der Waals surface area contributed by atoms with Crippen molar-refractivity contribution in [2.24, 2.45) is 0 Å². The lowest BCUT2D eigenvalue weighted by Gasteiger charge is -2.13. The highest BCUT2D eigenvalue weighted by Gasteiger charge is 2.21. The van der Waals surface area contributed by atoms with Crippen molar-refractivity contribution in [3.05, 3.63) is 66.6 Å². The first-order valence-electron chi connectivity index (χ1n) is 9.47. The smallest absolute Gasteiger partial charge is 0.328 e. The molecule has 30 heavy (non-hydrogen) atoms. The number of benzene rings is 2. The number of aromatic nitrogens is 2. The van der Waals surface area contributed by atoms with Crippen LogP contribution in [0.1, 0.15) is 18.9 Å². The van der Waals surface area contributed by atoms with E-state index < -0.39 is 16.1 Å². The molecule has 0 unspecified atom stereocenters. The number of hydrogen-bond donors (Lipinski definition) is 2. The van der Waals surface area contributed by atoms with Crippen LogP contribution in [0.15, 0.2) is 71.0 Å². The summed E-state index contributed by atoms with van der Waals surface area (Å²) in [5, 5.41) is 3.48. The number of nitrogens with zero attached hydrogens (tertiary/aromatic N) is 2. The van der Waals surface area contributed by atoms with Crippen LogP contribution in [0, 0.1) is 0 Å². The summed E-state index contributed by atoms with van der Waals surface area (Å²) in [6, 6.07) is 13.6. The lowest BCUT2D eigenvalue weighted by Crippen LogP contribution is -2.39. The molecule has 0 atom stereocenters. The van der Waals surface area contributed by atoms with Crippen LogP contribution in [0.25, 0.3) is 11.1 Å². The van der Waals surface area contributed by atoms with Crippen LogP contribution in [0.5, 0.6) is 0 Å². The van der Waals surface area contributed by atoms with Gasteiger partial charge in [-0.25, -0.2) is 22.9 Å². The van der Waals surface area contributed by atoms with Crippen molar-refractivity contribution < 1.29 is 13.2 Å². The standard InChI is InChI=1S/C21H24N4O3S2/c1-3-12-22-21(26)24-30(27,28)19-7-5-4-6-18(19)17-10-8-16(9-11-17)13-25-14-20(29-2)23-15-25/h4-11,14-15H,3,12-13H2,1-2H3,(H2,22,24,26). The number of thioether (sulfide) groups is 1. The van der Waals surface area contributed by atoms with Crippen LogP contribution in [0.3, 0.4) is 0 Å². The van der Waals surface area contributed by atoms with Gasteiger partial charge in [0, 0.05) is 24.8 Å².